The summed E-state index contributed by atoms with van der Waals surface area (Å²) in [7, 11) is 1.63. The quantitative estimate of drug-likeness (QED) is 0.349. The summed E-state index contributed by atoms with van der Waals surface area (Å²) in [5.41, 5.74) is 2.17. The summed E-state index contributed by atoms with van der Waals surface area (Å²) in [5.74, 6) is 0.759. The number of ether oxygens (including phenoxy) is 1. The van der Waals surface area contributed by atoms with E-state index in [-0.39, 0.29) is 4.83 Å². The highest BCUT2D eigenvalue weighted by atomic mass is 127. The zero-order chi connectivity index (χ0) is 14.0. The number of hydrogen-bond donors (Lipinski definition) is 0. The van der Waals surface area contributed by atoms with E-state index in [4.69, 9.17) is 16.3 Å². The first-order valence-corrected chi connectivity index (χ1v) is 8.62. The first kappa shape index (κ1) is 15.6. The van der Waals surface area contributed by atoms with Crippen molar-refractivity contribution in [1.82, 2.24) is 0 Å². The summed E-state index contributed by atoms with van der Waals surface area (Å²) < 4.78 is 7.41. The van der Waals surface area contributed by atoms with Crippen molar-refractivity contribution in [2.75, 3.05) is 7.11 Å². The molecule has 0 saturated heterocycles. The van der Waals surface area contributed by atoms with Gasteiger partial charge in [0.15, 0.2) is 0 Å². The van der Waals surface area contributed by atoms with Crippen molar-refractivity contribution in [3.63, 3.8) is 0 Å². The van der Waals surface area contributed by atoms with Crippen LogP contribution in [-0.4, -0.2) is 7.11 Å². The van der Waals surface area contributed by atoms with Crippen molar-refractivity contribution in [3.05, 3.63) is 60.6 Å². The van der Waals surface area contributed by atoms with E-state index in [1.54, 1.807) is 7.11 Å². The zero-order valence-electron chi connectivity index (χ0n) is 9.96. The lowest BCUT2D eigenvalue weighted by atomic mass is 10.0. The van der Waals surface area contributed by atoms with Crippen LogP contribution in [0, 0.1) is 3.57 Å². The third-order valence-electron chi connectivity index (χ3n) is 2.71. The molecule has 19 heavy (non-hydrogen) atoms. The van der Waals surface area contributed by atoms with Gasteiger partial charge in [0.2, 0.25) is 0 Å². The summed E-state index contributed by atoms with van der Waals surface area (Å²) in [6.45, 7) is 0. The Hall–Kier alpha value is 0.220. The predicted octanol–water partition coefficient (Wildman–Crippen LogP) is 6.20. The summed E-state index contributed by atoms with van der Waals surface area (Å²) in [6, 6.07) is 12.0. The van der Waals surface area contributed by atoms with E-state index in [1.165, 1.54) is 3.57 Å². The molecule has 2 aromatic rings. The smallest absolute Gasteiger partial charge is 0.120 e. The van der Waals surface area contributed by atoms with Gasteiger partial charge in [-0.15, -0.1) is 0 Å². The molecule has 2 rings (SSSR count). The van der Waals surface area contributed by atoms with Crippen LogP contribution in [0.15, 0.2) is 40.9 Å². The standard InChI is InChI=1S/C14H10Br2ClIO/c1-19-9-3-4-10(13(17)7-9)14(16)11-6-8(18)2-5-12(11)15/h2-7,14H,1H3. The third kappa shape index (κ3) is 3.65. The Kier molecular flexibility index (Phi) is 5.57. The van der Waals surface area contributed by atoms with Gasteiger partial charge < -0.3 is 4.74 Å². The fraction of sp³-hybridized carbons (Fsp3) is 0.143. The zero-order valence-corrected chi connectivity index (χ0v) is 16.0. The molecule has 0 heterocycles. The lowest BCUT2D eigenvalue weighted by Crippen LogP contribution is -1.96. The van der Waals surface area contributed by atoms with Crippen molar-refractivity contribution in [2.24, 2.45) is 0 Å². The Morgan fingerprint density at radius 2 is 1.89 bits per heavy atom. The second-order valence-corrected chi connectivity index (χ2v) is 7.34. The van der Waals surface area contributed by atoms with E-state index in [0.29, 0.717) is 5.02 Å². The SMILES string of the molecule is COc1ccc(C(Br)c2cc(I)ccc2Br)c(Cl)c1. The average molecular weight is 516 g/mol. The highest BCUT2D eigenvalue weighted by Gasteiger charge is 2.17. The maximum Gasteiger partial charge on any atom is 0.120 e. The van der Waals surface area contributed by atoms with Gasteiger partial charge in [-0.25, -0.2) is 0 Å². The Morgan fingerprint density at radius 1 is 1.16 bits per heavy atom. The highest BCUT2D eigenvalue weighted by molar-refractivity contribution is 14.1. The summed E-state index contributed by atoms with van der Waals surface area (Å²) in [6.07, 6.45) is 0. The molecule has 0 radical (unpaired) electrons. The van der Waals surface area contributed by atoms with Gasteiger partial charge in [0.1, 0.15) is 5.75 Å². The van der Waals surface area contributed by atoms with E-state index in [1.807, 2.05) is 24.3 Å². The van der Waals surface area contributed by atoms with Gasteiger partial charge in [-0.05, 0) is 64.0 Å². The molecule has 100 valence electrons. The second-order valence-electron chi connectivity index (χ2n) is 3.92. The maximum atomic E-state index is 6.32. The minimum Gasteiger partial charge on any atom is -0.497 e. The monoisotopic (exact) mass is 514 g/mol. The lowest BCUT2D eigenvalue weighted by molar-refractivity contribution is 0.414. The van der Waals surface area contributed by atoms with Crippen molar-refractivity contribution in [3.8, 4) is 5.75 Å². The Labute approximate surface area is 148 Å². The van der Waals surface area contributed by atoms with Crippen LogP contribution < -0.4 is 4.74 Å². The molecule has 0 amide bonds. The number of alkyl halides is 1. The van der Waals surface area contributed by atoms with Crippen LogP contribution in [0.2, 0.25) is 5.02 Å². The Balaban J connectivity index is 2.43. The van der Waals surface area contributed by atoms with Crippen molar-refractivity contribution >= 4 is 66.1 Å². The van der Waals surface area contributed by atoms with Gasteiger partial charge >= 0.3 is 0 Å². The molecule has 0 N–H and O–H groups in total. The first-order chi connectivity index (χ1) is 9.02. The molecular weight excluding hydrogens is 506 g/mol. The fourth-order valence-electron chi connectivity index (χ4n) is 1.72. The summed E-state index contributed by atoms with van der Waals surface area (Å²) in [4.78, 5) is 0.0370. The van der Waals surface area contributed by atoms with E-state index in [9.17, 15) is 0 Å². The van der Waals surface area contributed by atoms with Crippen molar-refractivity contribution < 1.29 is 4.74 Å². The molecule has 2 aromatic carbocycles. The average Bonchev–Trinajstić information content (AvgIpc) is 2.40. The molecule has 0 spiro atoms. The molecule has 1 atom stereocenters. The molecule has 0 aromatic heterocycles. The molecule has 0 aliphatic rings. The number of benzene rings is 2. The molecule has 1 nitrogen and oxygen atoms in total. The lowest BCUT2D eigenvalue weighted by Gasteiger charge is -2.15. The Bertz CT molecular complexity index is 604. The van der Waals surface area contributed by atoms with E-state index in [2.05, 4.69) is 66.6 Å². The van der Waals surface area contributed by atoms with Crippen LogP contribution in [0.3, 0.4) is 0 Å². The van der Waals surface area contributed by atoms with Crippen LogP contribution in [0.5, 0.6) is 5.75 Å². The molecule has 0 aliphatic carbocycles. The van der Waals surface area contributed by atoms with Crippen LogP contribution in [0.25, 0.3) is 0 Å². The van der Waals surface area contributed by atoms with E-state index >= 15 is 0 Å². The van der Waals surface area contributed by atoms with Gasteiger partial charge in [0.25, 0.3) is 0 Å². The largest absolute Gasteiger partial charge is 0.497 e. The molecule has 5 heteroatoms. The molecule has 0 bridgehead atoms. The number of hydrogen-bond acceptors (Lipinski definition) is 1. The minimum atomic E-state index is 0.0370. The van der Waals surface area contributed by atoms with E-state index in [0.717, 1.165) is 21.3 Å². The van der Waals surface area contributed by atoms with Crippen LogP contribution in [0.1, 0.15) is 16.0 Å². The second kappa shape index (κ2) is 6.78. The van der Waals surface area contributed by atoms with Crippen LogP contribution in [-0.2, 0) is 0 Å². The van der Waals surface area contributed by atoms with Gasteiger partial charge in [0, 0.05) is 13.1 Å². The molecule has 0 saturated carbocycles. The molecule has 1 unspecified atom stereocenters. The predicted molar refractivity (Wildman–Crippen MR) is 95.6 cm³/mol. The van der Waals surface area contributed by atoms with Gasteiger partial charge in [-0.2, -0.15) is 0 Å². The molecular formula is C14H10Br2ClIO. The van der Waals surface area contributed by atoms with Crippen LogP contribution >= 0.6 is 66.1 Å². The molecule has 0 aliphatic heterocycles. The van der Waals surface area contributed by atoms with Crippen LogP contribution in [0.4, 0.5) is 0 Å². The molecule has 0 fully saturated rings. The summed E-state index contributed by atoms with van der Waals surface area (Å²) >= 11 is 15.9. The number of methoxy groups -OCH3 is 1. The number of halogens is 4. The van der Waals surface area contributed by atoms with E-state index < -0.39 is 0 Å². The maximum absolute atomic E-state index is 6.32. The van der Waals surface area contributed by atoms with Gasteiger partial charge in [-0.1, -0.05) is 49.5 Å². The third-order valence-corrected chi connectivity index (χ3v) is 5.42. The summed E-state index contributed by atoms with van der Waals surface area (Å²) in [5, 5.41) is 0.687. The van der Waals surface area contributed by atoms with Crippen molar-refractivity contribution in [1.29, 1.82) is 0 Å². The first-order valence-electron chi connectivity index (χ1n) is 5.45. The number of rotatable bonds is 3. The van der Waals surface area contributed by atoms with Crippen molar-refractivity contribution in [2.45, 2.75) is 4.83 Å². The Morgan fingerprint density at radius 3 is 2.53 bits per heavy atom. The topological polar surface area (TPSA) is 9.23 Å². The normalized spacial score (nSPS) is 12.3. The minimum absolute atomic E-state index is 0.0370. The van der Waals surface area contributed by atoms with Gasteiger partial charge in [-0.3, -0.25) is 0 Å². The fourth-order valence-corrected chi connectivity index (χ4v) is 4.20. The highest BCUT2D eigenvalue weighted by Crippen LogP contribution is 2.40. The van der Waals surface area contributed by atoms with Gasteiger partial charge in [0.05, 0.1) is 11.9 Å².